The van der Waals surface area contributed by atoms with Crippen molar-refractivity contribution in [3.8, 4) is 0 Å². The summed E-state index contributed by atoms with van der Waals surface area (Å²) >= 11 is 0. The molecule has 0 aliphatic carbocycles. The first-order valence-corrected chi connectivity index (χ1v) is 4.80. The second-order valence-corrected chi connectivity index (χ2v) is 3.87. The van der Waals surface area contributed by atoms with Crippen LogP contribution in [0.15, 0.2) is 0 Å². The van der Waals surface area contributed by atoms with E-state index in [4.69, 9.17) is 9.47 Å². The Labute approximate surface area is 89.0 Å². The van der Waals surface area contributed by atoms with E-state index in [0.717, 1.165) is 0 Å². The van der Waals surface area contributed by atoms with Crippen LogP contribution in [0.25, 0.3) is 0 Å². The molecule has 1 fully saturated rings. The second-order valence-electron chi connectivity index (χ2n) is 3.87. The van der Waals surface area contributed by atoms with E-state index < -0.39 is 11.3 Å². The average molecular weight is 221 g/mol. The number of hydrogen-bond donors (Lipinski definition) is 3. The minimum atomic E-state index is -0.986. The summed E-state index contributed by atoms with van der Waals surface area (Å²) in [4.78, 5) is 1.75. The number of nitrogens with zero attached hydrogens (tertiary/aromatic N) is 1. The van der Waals surface area contributed by atoms with Gasteiger partial charge in [0.25, 0.3) is 0 Å². The van der Waals surface area contributed by atoms with Crippen LogP contribution in [0.1, 0.15) is 0 Å². The summed E-state index contributed by atoms with van der Waals surface area (Å²) in [6, 6.07) is 0. The molecule has 6 nitrogen and oxygen atoms in total. The fourth-order valence-corrected chi connectivity index (χ4v) is 1.66. The average Bonchev–Trinajstić information content (AvgIpc) is 2.24. The van der Waals surface area contributed by atoms with E-state index in [1.165, 1.54) is 0 Å². The number of methoxy groups -OCH3 is 2. The molecule has 0 unspecified atom stereocenters. The molecule has 15 heavy (non-hydrogen) atoms. The Hall–Kier alpha value is -0.240. The number of aliphatic hydroxyl groups is 3. The summed E-state index contributed by atoms with van der Waals surface area (Å²) in [5.74, 6) is -0.676. The van der Waals surface area contributed by atoms with Crippen LogP contribution in [0.2, 0.25) is 0 Å². The highest BCUT2D eigenvalue weighted by molar-refractivity contribution is 5.01. The van der Waals surface area contributed by atoms with Crippen LogP contribution in [0.3, 0.4) is 0 Å². The lowest BCUT2D eigenvalue weighted by molar-refractivity contribution is -0.300. The van der Waals surface area contributed by atoms with Gasteiger partial charge in [0.1, 0.15) is 0 Å². The summed E-state index contributed by atoms with van der Waals surface area (Å²) in [6.07, 6.45) is 0. The third-order valence-corrected chi connectivity index (χ3v) is 3.16. The van der Waals surface area contributed by atoms with Crippen molar-refractivity contribution < 1.29 is 24.8 Å². The van der Waals surface area contributed by atoms with Gasteiger partial charge in [0.15, 0.2) is 5.79 Å². The molecule has 0 radical (unpaired) electrons. The maximum Gasteiger partial charge on any atom is 0.193 e. The molecule has 90 valence electrons. The summed E-state index contributed by atoms with van der Waals surface area (Å²) in [5, 5.41) is 27.6. The van der Waals surface area contributed by atoms with Gasteiger partial charge in [0, 0.05) is 14.2 Å². The molecule has 1 rings (SSSR count). The zero-order valence-corrected chi connectivity index (χ0v) is 9.14. The Kier molecular flexibility index (Phi) is 4.05. The van der Waals surface area contributed by atoms with Gasteiger partial charge >= 0.3 is 0 Å². The molecule has 0 aromatic rings. The van der Waals surface area contributed by atoms with Gasteiger partial charge in [-0.15, -0.1) is 0 Å². The van der Waals surface area contributed by atoms with Gasteiger partial charge < -0.3 is 24.8 Å². The van der Waals surface area contributed by atoms with Crippen molar-refractivity contribution in [2.24, 2.45) is 0 Å². The van der Waals surface area contributed by atoms with Crippen LogP contribution in [0.4, 0.5) is 0 Å². The van der Waals surface area contributed by atoms with Crippen LogP contribution in [0.5, 0.6) is 0 Å². The van der Waals surface area contributed by atoms with Crippen molar-refractivity contribution in [1.29, 1.82) is 0 Å². The van der Waals surface area contributed by atoms with Gasteiger partial charge in [-0.05, 0) is 0 Å². The highest BCUT2D eigenvalue weighted by Crippen LogP contribution is 2.31. The molecule has 6 heteroatoms. The van der Waals surface area contributed by atoms with Gasteiger partial charge in [0.2, 0.25) is 0 Å². The predicted molar refractivity (Wildman–Crippen MR) is 52.3 cm³/mol. The largest absolute Gasteiger partial charge is 0.394 e. The standard InChI is InChI=1S/C9H19NO5/c1-14-9(15-2)3-10(4-9)8(5-11,6-12)7-13/h11-13H,3-7H2,1-2H3. The quantitative estimate of drug-likeness (QED) is 0.450. The van der Waals surface area contributed by atoms with E-state index in [-0.39, 0.29) is 19.8 Å². The molecule has 0 aromatic heterocycles. The molecule has 1 aliphatic heterocycles. The number of rotatable bonds is 6. The van der Waals surface area contributed by atoms with Crippen LogP contribution in [-0.2, 0) is 9.47 Å². The summed E-state index contributed by atoms with van der Waals surface area (Å²) < 4.78 is 10.3. The topological polar surface area (TPSA) is 82.4 Å². The molecule has 0 atom stereocenters. The SMILES string of the molecule is COC1(OC)CN(C(CO)(CO)CO)C1. The first kappa shape index (κ1) is 12.8. The van der Waals surface area contributed by atoms with E-state index in [9.17, 15) is 15.3 Å². The highest BCUT2D eigenvalue weighted by atomic mass is 16.7. The van der Waals surface area contributed by atoms with Crippen LogP contribution < -0.4 is 0 Å². The summed E-state index contributed by atoms with van der Waals surface area (Å²) in [6.45, 7) is -0.0696. The molecule has 0 amide bonds. The molecule has 1 aliphatic rings. The first-order valence-electron chi connectivity index (χ1n) is 4.80. The highest BCUT2D eigenvalue weighted by Gasteiger charge is 2.52. The van der Waals surface area contributed by atoms with Crippen LogP contribution in [-0.4, -0.2) is 78.7 Å². The van der Waals surface area contributed by atoms with Gasteiger partial charge in [0.05, 0.1) is 38.4 Å². The molecule has 1 saturated heterocycles. The smallest absolute Gasteiger partial charge is 0.193 e. The van der Waals surface area contributed by atoms with Crippen molar-refractivity contribution in [2.75, 3.05) is 47.1 Å². The van der Waals surface area contributed by atoms with Gasteiger partial charge in [-0.3, -0.25) is 4.90 Å². The fourth-order valence-electron chi connectivity index (χ4n) is 1.66. The van der Waals surface area contributed by atoms with E-state index in [1.807, 2.05) is 0 Å². The van der Waals surface area contributed by atoms with Crippen molar-refractivity contribution in [1.82, 2.24) is 4.90 Å². The molecule has 0 aromatic carbocycles. The third-order valence-electron chi connectivity index (χ3n) is 3.16. The van der Waals surface area contributed by atoms with Crippen LogP contribution in [0, 0.1) is 0 Å². The van der Waals surface area contributed by atoms with E-state index in [2.05, 4.69) is 0 Å². The molecular formula is C9H19NO5. The Bertz CT molecular complexity index is 186. The van der Waals surface area contributed by atoms with Gasteiger partial charge in [-0.25, -0.2) is 0 Å². The Balaban J connectivity index is 2.62. The number of aliphatic hydroxyl groups excluding tert-OH is 3. The minimum Gasteiger partial charge on any atom is -0.394 e. The molecule has 0 spiro atoms. The predicted octanol–water partition coefficient (Wildman–Crippen LogP) is -1.99. The Morgan fingerprint density at radius 3 is 1.73 bits per heavy atom. The lowest BCUT2D eigenvalue weighted by Crippen LogP contribution is -2.73. The lowest BCUT2D eigenvalue weighted by atomic mass is 9.93. The second kappa shape index (κ2) is 4.73. The van der Waals surface area contributed by atoms with E-state index in [1.54, 1.807) is 19.1 Å². The normalized spacial score (nSPS) is 21.4. The maximum atomic E-state index is 9.18. The zero-order valence-electron chi connectivity index (χ0n) is 9.14. The van der Waals surface area contributed by atoms with E-state index in [0.29, 0.717) is 13.1 Å². The molecular weight excluding hydrogens is 202 g/mol. The number of likely N-dealkylation sites (tertiary alicyclic amines) is 1. The monoisotopic (exact) mass is 221 g/mol. The van der Waals surface area contributed by atoms with Crippen molar-refractivity contribution in [3.63, 3.8) is 0 Å². The molecule has 0 bridgehead atoms. The van der Waals surface area contributed by atoms with Crippen molar-refractivity contribution >= 4 is 0 Å². The van der Waals surface area contributed by atoms with Gasteiger partial charge in [-0.1, -0.05) is 0 Å². The number of ether oxygens (including phenoxy) is 2. The molecule has 0 saturated carbocycles. The lowest BCUT2D eigenvalue weighted by Gasteiger charge is -2.54. The maximum absolute atomic E-state index is 9.18. The zero-order chi connectivity index (χ0) is 11.5. The Morgan fingerprint density at radius 2 is 1.47 bits per heavy atom. The summed E-state index contributed by atoms with van der Waals surface area (Å²) in [7, 11) is 3.08. The van der Waals surface area contributed by atoms with E-state index >= 15 is 0 Å². The molecule has 1 heterocycles. The van der Waals surface area contributed by atoms with Crippen molar-refractivity contribution in [3.05, 3.63) is 0 Å². The first-order chi connectivity index (χ1) is 7.12. The molecule has 3 N–H and O–H groups in total. The number of hydrogen-bond acceptors (Lipinski definition) is 6. The summed E-state index contributed by atoms with van der Waals surface area (Å²) in [5.41, 5.74) is -0.986. The van der Waals surface area contributed by atoms with Gasteiger partial charge in [-0.2, -0.15) is 0 Å². The van der Waals surface area contributed by atoms with Crippen molar-refractivity contribution in [2.45, 2.75) is 11.3 Å². The Morgan fingerprint density at radius 1 is 1.07 bits per heavy atom. The third kappa shape index (κ3) is 2.01. The fraction of sp³-hybridized carbons (Fsp3) is 1.00. The van der Waals surface area contributed by atoms with Crippen LogP contribution >= 0.6 is 0 Å². The minimum absolute atomic E-state index is 0.302.